The standard InChI is InChI=1S/C8H10Cl2N2O3/c9-1-5(10)3-12-4-7(13)11-2-6(12)8(14)15/h1,6H,2-4H2,(H,11,13)(H,14,15). The zero-order valence-corrected chi connectivity index (χ0v) is 9.25. The number of nitrogens with one attached hydrogen (secondary N) is 1. The molecule has 7 heteroatoms. The highest BCUT2D eigenvalue weighted by Crippen LogP contribution is 2.11. The molecule has 2 N–H and O–H groups in total. The van der Waals surface area contributed by atoms with Gasteiger partial charge in [0.1, 0.15) is 6.04 Å². The highest BCUT2D eigenvalue weighted by molar-refractivity contribution is 6.36. The monoisotopic (exact) mass is 252 g/mol. The fourth-order valence-electron chi connectivity index (χ4n) is 1.33. The topological polar surface area (TPSA) is 69.6 Å². The lowest BCUT2D eigenvalue weighted by Crippen LogP contribution is -2.57. The van der Waals surface area contributed by atoms with Gasteiger partial charge in [0.15, 0.2) is 0 Å². The number of amides is 1. The number of carbonyl (C=O) groups is 2. The maximum atomic E-state index is 11.1. The molecule has 0 aromatic heterocycles. The van der Waals surface area contributed by atoms with Crippen molar-refractivity contribution in [3.8, 4) is 0 Å². The maximum Gasteiger partial charge on any atom is 0.322 e. The lowest BCUT2D eigenvalue weighted by Gasteiger charge is -2.32. The Labute approximate surface area is 96.6 Å². The van der Waals surface area contributed by atoms with Crippen LogP contribution in [0.1, 0.15) is 0 Å². The second-order valence-corrected chi connectivity index (χ2v) is 3.82. The molecule has 1 amide bonds. The summed E-state index contributed by atoms with van der Waals surface area (Å²) < 4.78 is 0. The molecule has 1 saturated heterocycles. The summed E-state index contributed by atoms with van der Waals surface area (Å²) in [5.74, 6) is -1.21. The second kappa shape index (κ2) is 5.34. The Hall–Kier alpha value is -0.780. The van der Waals surface area contributed by atoms with Gasteiger partial charge in [-0.3, -0.25) is 14.5 Å². The average molecular weight is 253 g/mol. The van der Waals surface area contributed by atoms with Crippen molar-refractivity contribution in [2.75, 3.05) is 19.6 Å². The minimum absolute atomic E-state index is 0.0118. The molecule has 0 aliphatic carbocycles. The van der Waals surface area contributed by atoms with Gasteiger partial charge in [-0.1, -0.05) is 23.2 Å². The van der Waals surface area contributed by atoms with E-state index in [4.69, 9.17) is 28.3 Å². The van der Waals surface area contributed by atoms with Crippen LogP contribution >= 0.6 is 23.2 Å². The molecular formula is C8H10Cl2N2O3. The predicted octanol–water partition coefficient (Wildman–Crippen LogP) is 0.190. The summed E-state index contributed by atoms with van der Waals surface area (Å²) in [6, 6.07) is -0.756. The number of carboxylic acid groups (broad SMARTS) is 1. The molecule has 0 radical (unpaired) electrons. The summed E-state index contributed by atoms with van der Waals surface area (Å²) in [6.45, 7) is 0.258. The Bertz CT molecular complexity index is 306. The van der Waals surface area contributed by atoms with Crippen molar-refractivity contribution in [3.05, 3.63) is 10.6 Å². The van der Waals surface area contributed by atoms with Gasteiger partial charge in [0, 0.05) is 23.7 Å². The van der Waals surface area contributed by atoms with Gasteiger partial charge in [0.2, 0.25) is 5.91 Å². The first kappa shape index (κ1) is 12.3. The molecule has 5 nitrogen and oxygen atoms in total. The number of hydrogen-bond acceptors (Lipinski definition) is 3. The molecule has 0 spiro atoms. The van der Waals surface area contributed by atoms with Crippen molar-refractivity contribution < 1.29 is 14.7 Å². The van der Waals surface area contributed by atoms with Crippen LogP contribution in [0.25, 0.3) is 0 Å². The number of carbonyl (C=O) groups excluding carboxylic acids is 1. The largest absolute Gasteiger partial charge is 0.480 e. The Kier molecular flexibility index (Phi) is 4.38. The van der Waals surface area contributed by atoms with Gasteiger partial charge in [-0.2, -0.15) is 0 Å². The van der Waals surface area contributed by atoms with Gasteiger partial charge in [-0.05, 0) is 0 Å². The van der Waals surface area contributed by atoms with E-state index in [2.05, 4.69) is 5.32 Å². The molecule has 0 bridgehead atoms. The fourth-order valence-corrected chi connectivity index (χ4v) is 1.55. The maximum absolute atomic E-state index is 11.1. The lowest BCUT2D eigenvalue weighted by atomic mass is 10.2. The van der Waals surface area contributed by atoms with Gasteiger partial charge in [-0.25, -0.2) is 0 Å². The fraction of sp³-hybridized carbons (Fsp3) is 0.500. The molecular weight excluding hydrogens is 243 g/mol. The first-order valence-corrected chi connectivity index (χ1v) is 5.04. The molecule has 1 fully saturated rings. The van der Waals surface area contributed by atoms with Gasteiger partial charge in [-0.15, -0.1) is 0 Å². The van der Waals surface area contributed by atoms with Crippen molar-refractivity contribution in [2.45, 2.75) is 6.04 Å². The molecule has 0 aromatic carbocycles. The average Bonchev–Trinajstić information content (AvgIpc) is 2.17. The predicted molar refractivity (Wildman–Crippen MR) is 55.8 cm³/mol. The van der Waals surface area contributed by atoms with Gasteiger partial charge in [0.05, 0.1) is 6.54 Å². The second-order valence-electron chi connectivity index (χ2n) is 3.12. The third kappa shape index (κ3) is 3.37. The first-order chi connectivity index (χ1) is 7.04. The van der Waals surface area contributed by atoms with Crippen molar-refractivity contribution in [1.29, 1.82) is 0 Å². The number of nitrogens with zero attached hydrogens (tertiary/aromatic N) is 1. The smallest absolute Gasteiger partial charge is 0.322 e. The number of aliphatic carboxylic acids is 1. The molecule has 84 valence electrons. The van der Waals surface area contributed by atoms with Gasteiger partial charge in [0.25, 0.3) is 0 Å². The van der Waals surface area contributed by atoms with Crippen LogP contribution in [0.5, 0.6) is 0 Å². The number of carboxylic acids is 1. The van der Waals surface area contributed by atoms with E-state index in [1.54, 1.807) is 0 Å². The lowest BCUT2D eigenvalue weighted by molar-refractivity contribution is -0.145. The van der Waals surface area contributed by atoms with Crippen LogP contribution in [0, 0.1) is 0 Å². The van der Waals surface area contributed by atoms with Crippen LogP contribution < -0.4 is 5.32 Å². The summed E-state index contributed by atoms with van der Waals surface area (Å²) in [6.07, 6.45) is 0. The third-order valence-electron chi connectivity index (χ3n) is 2.04. The summed E-state index contributed by atoms with van der Waals surface area (Å²) in [5, 5.41) is 11.7. The minimum Gasteiger partial charge on any atom is -0.480 e. The van der Waals surface area contributed by atoms with Crippen molar-refractivity contribution in [1.82, 2.24) is 10.2 Å². The molecule has 0 saturated carbocycles. The molecule has 1 aliphatic rings. The number of rotatable bonds is 3. The van der Waals surface area contributed by atoms with Gasteiger partial charge >= 0.3 is 5.97 Å². The molecule has 1 atom stereocenters. The zero-order valence-electron chi connectivity index (χ0n) is 7.74. The molecule has 1 heterocycles. The summed E-state index contributed by atoms with van der Waals surface area (Å²) >= 11 is 11.0. The summed E-state index contributed by atoms with van der Waals surface area (Å²) in [7, 11) is 0. The SMILES string of the molecule is O=C1CN(CC(Cl)=CCl)C(C(=O)O)CN1. The van der Waals surface area contributed by atoms with E-state index in [0.717, 1.165) is 5.54 Å². The quantitative estimate of drug-likeness (QED) is 0.753. The van der Waals surface area contributed by atoms with E-state index >= 15 is 0 Å². The summed E-state index contributed by atoms with van der Waals surface area (Å²) in [5.41, 5.74) is 1.16. The number of piperazine rings is 1. The van der Waals surface area contributed by atoms with Crippen LogP contribution in [0.3, 0.4) is 0 Å². The van der Waals surface area contributed by atoms with E-state index in [1.165, 1.54) is 4.90 Å². The van der Waals surface area contributed by atoms with E-state index in [9.17, 15) is 9.59 Å². The van der Waals surface area contributed by atoms with E-state index in [0.29, 0.717) is 5.03 Å². The van der Waals surface area contributed by atoms with Crippen LogP contribution in [-0.2, 0) is 9.59 Å². The highest BCUT2D eigenvalue weighted by atomic mass is 35.5. The molecule has 0 aromatic rings. The van der Waals surface area contributed by atoms with Crippen molar-refractivity contribution in [3.63, 3.8) is 0 Å². The highest BCUT2D eigenvalue weighted by Gasteiger charge is 2.31. The van der Waals surface area contributed by atoms with Crippen LogP contribution in [0.15, 0.2) is 10.6 Å². The number of halogens is 2. The summed E-state index contributed by atoms with van der Waals surface area (Å²) in [4.78, 5) is 23.4. The van der Waals surface area contributed by atoms with Crippen LogP contribution in [0.4, 0.5) is 0 Å². The first-order valence-electron chi connectivity index (χ1n) is 4.23. The molecule has 15 heavy (non-hydrogen) atoms. The Morgan fingerprint density at radius 2 is 2.40 bits per heavy atom. The molecule has 1 aliphatic heterocycles. The van der Waals surface area contributed by atoms with E-state index in [1.807, 2.05) is 0 Å². The normalized spacial score (nSPS) is 23.7. The van der Waals surface area contributed by atoms with Crippen molar-refractivity contribution >= 4 is 35.1 Å². The molecule has 1 unspecified atom stereocenters. The minimum atomic E-state index is -0.992. The van der Waals surface area contributed by atoms with Crippen LogP contribution in [-0.4, -0.2) is 47.6 Å². The van der Waals surface area contributed by atoms with Crippen LogP contribution in [0.2, 0.25) is 0 Å². The zero-order chi connectivity index (χ0) is 11.4. The Morgan fingerprint density at radius 1 is 1.73 bits per heavy atom. The van der Waals surface area contributed by atoms with Gasteiger partial charge < -0.3 is 10.4 Å². The van der Waals surface area contributed by atoms with E-state index < -0.39 is 12.0 Å². The Morgan fingerprint density at radius 3 is 2.93 bits per heavy atom. The molecule has 1 rings (SSSR count). The third-order valence-corrected chi connectivity index (χ3v) is 2.64. The number of hydrogen-bond donors (Lipinski definition) is 2. The Balaban J connectivity index is 2.70. The van der Waals surface area contributed by atoms with E-state index in [-0.39, 0.29) is 25.5 Å². The van der Waals surface area contributed by atoms with Crippen molar-refractivity contribution in [2.24, 2.45) is 0 Å².